The van der Waals surface area contributed by atoms with Gasteiger partial charge in [-0.05, 0) is 30.5 Å². The van der Waals surface area contributed by atoms with Gasteiger partial charge in [-0.1, -0.05) is 24.3 Å². The van der Waals surface area contributed by atoms with Gasteiger partial charge in [0.1, 0.15) is 11.6 Å². The van der Waals surface area contributed by atoms with E-state index >= 15 is 0 Å². The zero-order valence-electron chi connectivity index (χ0n) is 11.4. The van der Waals surface area contributed by atoms with Crippen LogP contribution in [0.4, 0.5) is 5.82 Å². The van der Waals surface area contributed by atoms with Gasteiger partial charge in [0.15, 0.2) is 5.69 Å². The summed E-state index contributed by atoms with van der Waals surface area (Å²) in [6, 6.07) is 12.7. The Kier molecular flexibility index (Phi) is 3.31. The first-order valence-electron chi connectivity index (χ1n) is 6.58. The van der Waals surface area contributed by atoms with Crippen molar-refractivity contribution in [1.29, 1.82) is 0 Å². The zero-order chi connectivity index (χ0) is 14.8. The summed E-state index contributed by atoms with van der Waals surface area (Å²) in [5, 5.41) is 14.1. The largest absolute Gasteiger partial charge is 0.477 e. The maximum Gasteiger partial charge on any atom is 0.354 e. The first-order chi connectivity index (χ1) is 10.1. The Morgan fingerprint density at radius 3 is 2.81 bits per heavy atom. The van der Waals surface area contributed by atoms with E-state index < -0.39 is 5.97 Å². The average Bonchev–Trinajstić information content (AvgIpc) is 3.01. The van der Waals surface area contributed by atoms with Gasteiger partial charge in [0, 0.05) is 5.39 Å². The second-order valence-electron chi connectivity index (χ2n) is 4.76. The monoisotopic (exact) mass is 282 g/mol. The predicted molar refractivity (Wildman–Crippen MR) is 79.4 cm³/mol. The van der Waals surface area contributed by atoms with E-state index in [1.807, 2.05) is 43.3 Å². The standard InChI is InChI=1S/C16H14N2O3/c1-10(14-7-4-8-21-14)17-15-12-6-3-2-5-11(12)9-13(18-15)16(19)20/h2-10H,1H3,(H,17,18)(H,19,20). The van der Waals surface area contributed by atoms with Crippen molar-refractivity contribution in [3.05, 3.63) is 60.2 Å². The van der Waals surface area contributed by atoms with Crippen molar-refractivity contribution in [2.75, 3.05) is 5.32 Å². The van der Waals surface area contributed by atoms with Crippen LogP contribution in [-0.2, 0) is 0 Å². The van der Waals surface area contributed by atoms with Gasteiger partial charge in [0.25, 0.3) is 0 Å². The SMILES string of the molecule is CC(Nc1nc(C(=O)O)cc2ccccc12)c1ccco1. The molecule has 2 heterocycles. The summed E-state index contributed by atoms with van der Waals surface area (Å²) in [5.41, 5.74) is 0.0165. The summed E-state index contributed by atoms with van der Waals surface area (Å²) in [6.07, 6.45) is 1.60. The van der Waals surface area contributed by atoms with Gasteiger partial charge in [-0.15, -0.1) is 0 Å². The van der Waals surface area contributed by atoms with E-state index in [0.29, 0.717) is 5.82 Å². The lowest BCUT2D eigenvalue weighted by Crippen LogP contribution is -2.10. The molecular formula is C16H14N2O3. The number of aromatic carboxylic acids is 1. The Morgan fingerprint density at radius 2 is 2.10 bits per heavy atom. The van der Waals surface area contributed by atoms with E-state index in [-0.39, 0.29) is 11.7 Å². The van der Waals surface area contributed by atoms with Crippen LogP contribution < -0.4 is 5.32 Å². The van der Waals surface area contributed by atoms with Crippen LogP contribution in [0.15, 0.2) is 53.1 Å². The van der Waals surface area contributed by atoms with Crippen molar-refractivity contribution >= 4 is 22.6 Å². The van der Waals surface area contributed by atoms with Crippen LogP contribution >= 0.6 is 0 Å². The Balaban J connectivity index is 2.05. The van der Waals surface area contributed by atoms with Gasteiger partial charge in [-0.2, -0.15) is 0 Å². The molecule has 0 fully saturated rings. The number of carboxylic acid groups (broad SMARTS) is 1. The Labute approximate surface area is 121 Å². The number of nitrogens with one attached hydrogen (secondary N) is 1. The molecule has 2 N–H and O–H groups in total. The maximum atomic E-state index is 11.2. The van der Waals surface area contributed by atoms with E-state index in [0.717, 1.165) is 16.5 Å². The number of rotatable bonds is 4. The molecule has 0 saturated heterocycles. The van der Waals surface area contributed by atoms with E-state index in [4.69, 9.17) is 4.42 Å². The first kappa shape index (κ1) is 13.2. The van der Waals surface area contributed by atoms with Crippen molar-refractivity contribution in [3.8, 4) is 0 Å². The van der Waals surface area contributed by atoms with E-state index in [1.165, 1.54) is 0 Å². The van der Waals surface area contributed by atoms with Gasteiger partial charge in [0.2, 0.25) is 0 Å². The van der Waals surface area contributed by atoms with Gasteiger partial charge in [0.05, 0.1) is 12.3 Å². The van der Waals surface area contributed by atoms with Gasteiger partial charge < -0.3 is 14.8 Å². The molecule has 2 aromatic heterocycles. The van der Waals surface area contributed by atoms with Crippen LogP contribution in [0.3, 0.4) is 0 Å². The van der Waals surface area contributed by atoms with Gasteiger partial charge in [-0.3, -0.25) is 0 Å². The molecule has 3 aromatic rings. The third kappa shape index (κ3) is 2.58. The lowest BCUT2D eigenvalue weighted by molar-refractivity contribution is 0.0691. The molecule has 1 aromatic carbocycles. The number of fused-ring (bicyclic) bond motifs is 1. The number of carbonyl (C=O) groups is 1. The van der Waals surface area contributed by atoms with Crippen molar-refractivity contribution in [2.24, 2.45) is 0 Å². The molecule has 0 aliphatic heterocycles. The molecule has 1 atom stereocenters. The highest BCUT2D eigenvalue weighted by molar-refractivity contribution is 5.97. The molecule has 1 unspecified atom stereocenters. The maximum absolute atomic E-state index is 11.2. The molecular weight excluding hydrogens is 268 g/mol. The number of aromatic nitrogens is 1. The van der Waals surface area contributed by atoms with Crippen molar-refractivity contribution in [2.45, 2.75) is 13.0 Å². The van der Waals surface area contributed by atoms with Crippen LogP contribution in [0.1, 0.15) is 29.2 Å². The smallest absolute Gasteiger partial charge is 0.354 e. The fraction of sp³-hybridized carbons (Fsp3) is 0.125. The lowest BCUT2D eigenvalue weighted by atomic mass is 10.1. The molecule has 0 spiro atoms. The fourth-order valence-corrected chi connectivity index (χ4v) is 2.23. The zero-order valence-corrected chi connectivity index (χ0v) is 11.4. The molecule has 3 rings (SSSR count). The summed E-state index contributed by atoms with van der Waals surface area (Å²) < 4.78 is 5.35. The second kappa shape index (κ2) is 5.28. The Bertz CT molecular complexity index is 781. The van der Waals surface area contributed by atoms with Crippen LogP contribution in [0, 0.1) is 0 Å². The molecule has 5 nitrogen and oxygen atoms in total. The number of carboxylic acids is 1. The van der Waals surface area contributed by atoms with Crippen molar-refractivity contribution in [1.82, 2.24) is 4.98 Å². The number of hydrogen-bond donors (Lipinski definition) is 2. The van der Waals surface area contributed by atoms with Gasteiger partial charge in [-0.25, -0.2) is 9.78 Å². The van der Waals surface area contributed by atoms with Crippen molar-refractivity contribution < 1.29 is 14.3 Å². The topological polar surface area (TPSA) is 75.4 Å². The highest BCUT2D eigenvalue weighted by atomic mass is 16.4. The summed E-state index contributed by atoms with van der Waals surface area (Å²) in [7, 11) is 0. The van der Waals surface area contributed by atoms with E-state index in [9.17, 15) is 9.90 Å². The summed E-state index contributed by atoms with van der Waals surface area (Å²) in [6.45, 7) is 1.93. The molecule has 0 amide bonds. The number of hydrogen-bond acceptors (Lipinski definition) is 4. The highest BCUT2D eigenvalue weighted by Gasteiger charge is 2.14. The molecule has 0 aliphatic carbocycles. The van der Waals surface area contributed by atoms with Crippen LogP contribution in [0.5, 0.6) is 0 Å². The average molecular weight is 282 g/mol. The van der Waals surface area contributed by atoms with Crippen molar-refractivity contribution in [3.63, 3.8) is 0 Å². The lowest BCUT2D eigenvalue weighted by Gasteiger charge is -2.14. The second-order valence-corrected chi connectivity index (χ2v) is 4.76. The molecule has 0 radical (unpaired) electrons. The minimum absolute atomic E-state index is 0.0165. The third-order valence-electron chi connectivity index (χ3n) is 3.28. The summed E-state index contributed by atoms with van der Waals surface area (Å²) >= 11 is 0. The minimum atomic E-state index is -1.05. The molecule has 106 valence electrons. The number of benzene rings is 1. The van der Waals surface area contributed by atoms with E-state index in [2.05, 4.69) is 10.3 Å². The summed E-state index contributed by atoms with van der Waals surface area (Å²) in [5.74, 6) is 0.255. The number of furan rings is 1. The minimum Gasteiger partial charge on any atom is -0.477 e. The predicted octanol–water partition coefficient (Wildman–Crippen LogP) is 3.70. The molecule has 21 heavy (non-hydrogen) atoms. The number of nitrogens with zero attached hydrogens (tertiary/aromatic N) is 1. The fourth-order valence-electron chi connectivity index (χ4n) is 2.23. The van der Waals surface area contributed by atoms with E-state index in [1.54, 1.807) is 12.3 Å². The summed E-state index contributed by atoms with van der Waals surface area (Å²) in [4.78, 5) is 15.4. The van der Waals surface area contributed by atoms with Crippen LogP contribution in [0.25, 0.3) is 10.8 Å². The number of pyridine rings is 1. The third-order valence-corrected chi connectivity index (χ3v) is 3.28. The highest BCUT2D eigenvalue weighted by Crippen LogP contribution is 2.26. The first-order valence-corrected chi connectivity index (χ1v) is 6.58. The normalized spacial score (nSPS) is 12.2. The Morgan fingerprint density at radius 1 is 1.29 bits per heavy atom. The van der Waals surface area contributed by atoms with Crippen LogP contribution in [0.2, 0.25) is 0 Å². The quantitative estimate of drug-likeness (QED) is 0.763. The van der Waals surface area contributed by atoms with Crippen LogP contribution in [-0.4, -0.2) is 16.1 Å². The molecule has 0 saturated carbocycles. The Hall–Kier alpha value is -2.82. The number of anilines is 1. The molecule has 0 aliphatic rings. The molecule has 0 bridgehead atoms. The van der Waals surface area contributed by atoms with Gasteiger partial charge >= 0.3 is 5.97 Å². The molecule has 5 heteroatoms.